The maximum Gasteiger partial charge on any atom is 0.254 e. The first-order chi connectivity index (χ1) is 13.3. The van der Waals surface area contributed by atoms with Crippen molar-refractivity contribution in [3.8, 4) is 11.4 Å². The highest BCUT2D eigenvalue weighted by molar-refractivity contribution is 7.08. The van der Waals surface area contributed by atoms with Crippen molar-refractivity contribution in [2.24, 2.45) is 0 Å². The first kappa shape index (κ1) is 16.5. The van der Waals surface area contributed by atoms with Gasteiger partial charge in [0.2, 0.25) is 11.7 Å². The van der Waals surface area contributed by atoms with Crippen LogP contribution in [0.3, 0.4) is 0 Å². The molecule has 2 fully saturated rings. The van der Waals surface area contributed by atoms with Gasteiger partial charge < -0.3 is 14.3 Å². The van der Waals surface area contributed by atoms with Crippen LogP contribution in [0.5, 0.6) is 0 Å². The van der Waals surface area contributed by atoms with Crippen molar-refractivity contribution in [3.63, 3.8) is 0 Å². The monoisotopic (exact) mass is 380 g/mol. The summed E-state index contributed by atoms with van der Waals surface area (Å²) >= 11 is 1.56. The maximum atomic E-state index is 12.5. The predicted octanol–water partition coefficient (Wildman–Crippen LogP) is 3.64. The SMILES string of the molecule is O=C(c1ccsc1)N1CCN(c2ccc(-c3noc(C4CC4)n3)cc2)CC1. The molecule has 0 unspecified atom stereocenters. The molecule has 3 heterocycles. The van der Waals surface area contributed by atoms with Crippen LogP contribution < -0.4 is 4.90 Å². The second-order valence-corrected chi connectivity index (χ2v) is 7.85. The van der Waals surface area contributed by atoms with Gasteiger partial charge in [0.1, 0.15) is 0 Å². The van der Waals surface area contributed by atoms with Gasteiger partial charge in [-0.3, -0.25) is 4.79 Å². The zero-order valence-corrected chi connectivity index (χ0v) is 15.7. The van der Waals surface area contributed by atoms with Crippen molar-refractivity contribution in [1.29, 1.82) is 0 Å². The Morgan fingerprint density at radius 3 is 2.52 bits per heavy atom. The Kier molecular flexibility index (Phi) is 4.16. The molecule has 0 spiro atoms. The van der Waals surface area contributed by atoms with Crippen LogP contribution in [0.1, 0.15) is 35.0 Å². The van der Waals surface area contributed by atoms with E-state index in [1.165, 1.54) is 0 Å². The third-order valence-corrected chi connectivity index (χ3v) is 5.88. The van der Waals surface area contributed by atoms with Crippen molar-refractivity contribution in [3.05, 3.63) is 52.5 Å². The molecular weight excluding hydrogens is 360 g/mol. The van der Waals surface area contributed by atoms with Crippen molar-refractivity contribution in [1.82, 2.24) is 15.0 Å². The Morgan fingerprint density at radius 2 is 1.85 bits per heavy atom. The Hall–Kier alpha value is -2.67. The van der Waals surface area contributed by atoms with Crippen molar-refractivity contribution < 1.29 is 9.32 Å². The minimum absolute atomic E-state index is 0.134. The van der Waals surface area contributed by atoms with Gasteiger partial charge in [-0.15, -0.1) is 0 Å². The first-order valence-electron chi connectivity index (χ1n) is 9.28. The Labute approximate surface area is 161 Å². The van der Waals surface area contributed by atoms with E-state index in [9.17, 15) is 4.79 Å². The fraction of sp³-hybridized carbons (Fsp3) is 0.350. The fourth-order valence-corrected chi connectivity index (χ4v) is 4.04. The zero-order chi connectivity index (χ0) is 18.2. The molecule has 7 heteroatoms. The Bertz CT molecular complexity index is 923. The zero-order valence-electron chi connectivity index (χ0n) is 14.9. The number of nitrogens with zero attached hydrogens (tertiary/aromatic N) is 4. The van der Waals surface area contributed by atoms with E-state index >= 15 is 0 Å². The summed E-state index contributed by atoms with van der Waals surface area (Å²) in [5, 5.41) is 7.96. The largest absolute Gasteiger partial charge is 0.368 e. The summed E-state index contributed by atoms with van der Waals surface area (Å²) in [4.78, 5) is 21.2. The number of anilines is 1. The molecule has 2 aromatic heterocycles. The number of aromatic nitrogens is 2. The van der Waals surface area contributed by atoms with Gasteiger partial charge in [-0.05, 0) is 48.6 Å². The van der Waals surface area contributed by atoms with Crippen molar-refractivity contribution in [2.75, 3.05) is 31.1 Å². The molecule has 1 aliphatic heterocycles. The predicted molar refractivity (Wildman–Crippen MR) is 104 cm³/mol. The fourth-order valence-electron chi connectivity index (χ4n) is 3.41. The standard InChI is InChI=1S/C20H20N4O2S/c25-20(16-7-12-27-13-16)24-10-8-23(9-11-24)17-5-3-14(4-6-17)18-21-19(26-22-18)15-1-2-15/h3-7,12-13,15H,1-2,8-11H2. The molecular formula is C20H20N4O2S. The van der Waals surface area contributed by atoms with Crippen LogP contribution in [0.15, 0.2) is 45.6 Å². The first-order valence-corrected chi connectivity index (χ1v) is 10.2. The number of thiophene rings is 1. The second kappa shape index (κ2) is 6.81. The van der Waals surface area contributed by atoms with Crippen LogP contribution in [0.4, 0.5) is 5.69 Å². The molecule has 1 saturated heterocycles. The van der Waals surface area contributed by atoms with E-state index in [4.69, 9.17) is 4.52 Å². The van der Waals surface area contributed by atoms with Crippen LogP contribution in [-0.2, 0) is 0 Å². The summed E-state index contributed by atoms with van der Waals surface area (Å²) in [7, 11) is 0. The number of hydrogen-bond donors (Lipinski definition) is 0. The minimum atomic E-state index is 0.134. The quantitative estimate of drug-likeness (QED) is 0.692. The highest BCUT2D eigenvalue weighted by Gasteiger charge is 2.29. The molecule has 138 valence electrons. The number of amides is 1. The lowest BCUT2D eigenvalue weighted by molar-refractivity contribution is 0.0747. The summed E-state index contributed by atoms with van der Waals surface area (Å²) in [5.74, 6) is 2.03. The minimum Gasteiger partial charge on any atom is -0.368 e. The molecule has 1 aromatic carbocycles. The van der Waals surface area contributed by atoms with Crippen LogP contribution in [0.25, 0.3) is 11.4 Å². The normalized spacial score (nSPS) is 17.3. The van der Waals surface area contributed by atoms with Gasteiger partial charge in [-0.25, -0.2) is 0 Å². The molecule has 5 rings (SSSR count). The van der Waals surface area contributed by atoms with Gasteiger partial charge in [0, 0.05) is 48.7 Å². The van der Waals surface area contributed by atoms with E-state index in [-0.39, 0.29) is 5.91 Å². The van der Waals surface area contributed by atoms with E-state index in [1.54, 1.807) is 11.3 Å². The van der Waals surface area contributed by atoms with Gasteiger partial charge >= 0.3 is 0 Å². The summed E-state index contributed by atoms with van der Waals surface area (Å²) < 4.78 is 5.35. The summed E-state index contributed by atoms with van der Waals surface area (Å²) in [6.45, 7) is 3.16. The number of hydrogen-bond acceptors (Lipinski definition) is 6. The summed E-state index contributed by atoms with van der Waals surface area (Å²) in [5.41, 5.74) is 2.93. The van der Waals surface area contributed by atoms with E-state index in [1.807, 2.05) is 33.9 Å². The maximum absolute atomic E-state index is 12.5. The highest BCUT2D eigenvalue weighted by Crippen LogP contribution is 2.39. The molecule has 27 heavy (non-hydrogen) atoms. The topological polar surface area (TPSA) is 62.5 Å². The summed E-state index contributed by atoms with van der Waals surface area (Å²) in [6, 6.07) is 10.2. The number of benzene rings is 1. The van der Waals surface area contributed by atoms with Gasteiger partial charge in [0.05, 0.1) is 5.56 Å². The Morgan fingerprint density at radius 1 is 1.07 bits per heavy atom. The van der Waals surface area contributed by atoms with Gasteiger partial charge in [0.15, 0.2) is 0 Å². The number of rotatable bonds is 4. The van der Waals surface area contributed by atoms with Gasteiger partial charge in [-0.2, -0.15) is 16.3 Å². The van der Waals surface area contributed by atoms with E-state index in [0.29, 0.717) is 11.7 Å². The molecule has 0 atom stereocenters. The molecule has 2 aliphatic rings. The molecule has 0 bridgehead atoms. The highest BCUT2D eigenvalue weighted by atomic mass is 32.1. The molecule has 3 aromatic rings. The molecule has 0 radical (unpaired) electrons. The second-order valence-electron chi connectivity index (χ2n) is 7.07. The third-order valence-electron chi connectivity index (χ3n) is 5.19. The van der Waals surface area contributed by atoms with Crippen LogP contribution in [0.2, 0.25) is 0 Å². The average Bonchev–Trinajstić information content (AvgIpc) is 3.22. The van der Waals surface area contributed by atoms with Crippen LogP contribution in [-0.4, -0.2) is 47.1 Å². The Balaban J connectivity index is 1.22. The summed E-state index contributed by atoms with van der Waals surface area (Å²) in [6.07, 6.45) is 2.31. The third kappa shape index (κ3) is 3.35. The molecule has 1 saturated carbocycles. The van der Waals surface area contributed by atoms with Crippen LogP contribution in [0, 0.1) is 0 Å². The van der Waals surface area contributed by atoms with Gasteiger partial charge in [-0.1, -0.05) is 5.16 Å². The lowest BCUT2D eigenvalue weighted by atomic mass is 10.1. The number of carbonyl (C=O) groups excluding carboxylic acids is 1. The van der Waals surface area contributed by atoms with Gasteiger partial charge in [0.25, 0.3) is 5.91 Å². The van der Waals surface area contributed by atoms with Crippen molar-refractivity contribution in [2.45, 2.75) is 18.8 Å². The lowest BCUT2D eigenvalue weighted by Crippen LogP contribution is -2.48. The van der Waals surface area contributed by atoms with Crippen LogP contribution >= 0.6 is 11.3 Å². The smallest absolute Gasteiger partial charge is 0.254 e. The average molecular weight is 380 g/mol. The van der Waals surface area contributed by atoms with E-state index < -0.39 is 0 Å². The van der Waals surface area contributed by atoms with E-state index in [0.717, 1.165) is 61.7 Å². The lowest BCUT2D eigenvalue weighted by Gasteiger charge is -2.36. The molecule has 1 aliphatic carbocycles. The number of carbonyl (C=O) groups is 1. The number of piperazine rings is 1. The van der Waals surface area contributed by atoms with E-state index in [2.05, 4.69) is 27.2 Å². The molecule has 1 amide bonds. The molecule has 6 nitrogen and oxygen atoms in total. The molecule has 0 N–H and O–H groups in total. The van der Waals surface area contributed by atoms with Crippen molar-refractivity contribution >= 4 is 22.9 Å².